The first-order chi connectivity index (χ1) is 7.16. The van der Waals surface area contributed by atoms with E-state index >= 15 is 0 Å². The highest BCUT2D eigenvalue weighted by Crippen LogP contribution is 2.32. The molecule has 78 valence electrons. The van der Waals surface area contributed by atoms with Crippen LogP contribution in [0, 0.1) is 5.92 Å². The minimum atomic E-state index is -0.101. The van der Waals surface area contributed by atoms with Crippen LogP contribution in [0.5, 0.6) is 0 Å². The fraction of sp³-hybridized carbons (Fsp3) is 0.333. The molecule has 0 aliphatic heterocycles. The van der Waals surface area contributed by atoms with Gasteiger partial charge < -0.3 is 5.32 Å². The highest BCUT2D eigenvalue weighted by Gasteiger charge is 2.30. The van der Waals surface area contributed by atoms with E-state index in [-0.39, 0.29) is 17.6 Å². The number of carbonyl (C=O) groups excluding carboxylic acids is 2. The summed E-state index contributed by atoms with van der Waals surface area (Å²) in [5.74, 6) is 0.372. The van der Waals surface area contributed by atoms with E-state index in [1.165, 1.54) is 6.92 Å². The molecule has 1 saturated carbocycles. The van der Waals surface area contributed by atoms with Crippen molar-refractivity contribution in [2.45, 2.75) is 19.8 Å². The number of benzene rings is 1. The summed E-state index contributed by atoms with van der Waals surface area (Å²) in [5, 5.41) is 2.67. The summed E-state index contributed by atoms with van der Waals surface area (Å²) < 4.78 is 0. The van der Waals surface area contributed by atoms with Crippen molar-refractivity contribution in [3.8, 4) is 0 Å². The zero-order valence-electron chi connectivity index (χ0n) is 8.62. The van der Waals surface area contributed by atoms with Gasteiger partial charge in [0.25, 0.3) is 0 Å². The second kappa shape index (κ2) is 3.85. The van der Waals surface area contributed by atoms with E-state index in [1.807, 2.05) is 0 Å². The molecule has 1 fully saturated rings. The molecule has 3 heteroatoms. The number of rotatable bonds is 3. The second-order valence-electron chi connectivity index (χ2n) is 3.90. The lowest BCUT2D eigenvalue weighted by Gasteiger charge is -2.03. The van der Waals surface area contributed by atoms with E-state index in [0.29, 0.717) is 0 Å². The van der Waals surface area contributed by atoms with Crippen molar-refractivity contribution in [1.29, 1.82) is 0 Å². The van der Waals surface area contributed by atoms with E-state index in [2.05, 4.69) is 5.32 Å². The second-order valence-corrected chi connectivity index (χ2v) is 3.90. The molecule has 1 aromatic carbocycles. The van der Waals surface area contributed by atoms with E-state index < -0.39 is 0 Å². The lowest BCUT2D eigenvalue weighted by atomic mass is 10.1. The summed E-state index contributed by atoms with van der Waals surface area (Å²) in [5.41, 5.74) is 1.47. The molecule has 2 rings (SSSR count). The third kappa shape index (κ3) is 2.43. The monoisotopic (exact) mass is 203 g/mol. The Morgan fingerprint density at radius 3 is 2.27 bits per heavy atom. The summed E-state index contributed by atoms with van der Waals surface area (Å²) in [6.45, 7) is 1.46. The molecule has 0 atom stereocenters. The summed E-state index contributed by atoms with van der Waals surface area (Å²) in [6.07, 6.45) is 2.04. The molecule has 1 aliphatic rings. The number of hydrogen-bond donors (Lipinski definition) is 1. The van der Waals surface area contributed by atoms with Gasteiger partial charge in [0.2, 0.25) is 5.91 Å². The van der Waals surface area contributed by atoms with E-state index in [0.717, 1.165) is 24.1 Å². The van der Waals surface area contributed by atoms with Crippen LogP contribution in [0.3, 0.4) is 0 Å². The number of anilines is 1. The summed E-state index contributed by atoms with van der Waals surface area (Å²) in [4.78, 5) is 22.4. The zero-order valence-corrected chi connectivity index (χ0v) is 8.62. The Morgan fingerprint density at radius 2 is 1.80 bits per heavy atom. The van der Waals surface area contributed by atoms with Gasteiger partial charge in [-0.3, -0.25) is 9.59 Å². The van der Waals surface area contributed by atoms with Crippen molar-refractivity contribution in [2.75, 3.05) is 5.32 Å². The lowest BCUT2D eigenvalue weighted by Crippen LogP contribution is -2.06. The quantitative estimate of drug-likeness (QED) is 0.766. The zero-order chi connectivity index (χ0) is 10.8. The van der Waals surface area contributed by atoms with Gasteiger partial charge >= 0.3 is 0 Å². The average Bonchev–Trinajstić information content (AvgIpc) is 3.00. The summed E-state index contributed by atoms with van der Waals surface area (Å²) >= 11 is 0. The van der Waals surface area contributed by atoms with Gasteiger partial charge in [-0.15, -0.1) is 0 Å². The Morgan fingerprint density at radius 1 is 1.20 bits per heavy atom. The van der Waals surface area contributed by atoms with E-state index in [1.54, 1.807) is 24.3 Å². The summed E-state index contributed by atoms with van der Waals surface area (Å²) in [7, 11) is 0. The van der Waals surface area contributed by atoms with Crippen LogP contribution in [0.15, 0.2) is 24.3 Å². The molecular formula is C12H13NO2. The smallest absolute Gasteiger partial charge is 0.221 e. The average molecular weight is 203 g/mol. The van der Waals surface area contributed by atoms with Crippen LogP contribution in [-0.2, 0) is 4.79 Å². The third-order valence-corrected chi connectivity index (χ3v) is 2.44. The number of hydrogen-bond acceptors (Lipinski definition) is 2. The van der Waals surface area contributed by atoms with Crippen LogP contribution in [0.4, 0.5) is 5.69 Å². The van der Waals surface area contributed by atoms with Gasteiger partial charge in [-0.2, -0.15) is 0 Å². The van der Waals surface area contributed by atoms with Crippen LogP contribution < -0.4 is 5.32 Å². The molecule has 0 heterocycles. The van der Waals surface area contributed by atoms with Gasteiger partial charge in [-0.25, -0.2) is 0 Å². The number of amides is 1. The van der Waals surface area contributed by atoms with E-state index in [4.69, 9.17) is 0 Å². The molecule has 3 nitrogen and oxygen atoms in total. The highest BCUT2D eigenvalue weighted by molar-refractivity contribution is 5.99. The minimum Gasteiger partial charge on any atom is -0.326 e. The Balaban J connectivity index is 2.09. The van der Waals surface area contributed by atoms with Gasteiger partial charge in [0, 0.05) is 24.1 Å². The Hall–Kier alpha value is -1.64. The predicted molar refractivity (Wildman–Crippen MR) is 57.8 cm³/mol. The van der Waals surface area contributed by atoms with Crippen molar-refractivity contribution in [3.05, 3.63) is 29.8 Å². The normalized spacial score (nSPS) is 14.7. The number of carbonyl (C=O) groups is 2. The SMILES string of the molecule is CC(=O)Nc1ccc(C(=O)C2CC2)cc1. The molecule has 1 aromatic rings. The van der Waals surface area contributed by atoms with Gasteiger partial charge in [-0.1, -0.05) is 0 Å². The Kier molecular flexibility index (Phi) is 2.54. The fourth-order valence-corrected chi connectivity index (χ4v) is 1.50. The van der Waals surface area contributed by atoms with Crippen molar-refractivity contribution in [1.82, 2.24) is 0 Å². The molecular weight excluding hydrogens is 190 g/mol. The summed E-state index contributed by atoms with van der Waals surface area (Å²) in [6, 6.07) is 7.06. The first-order valence-electron chi connectivity index (χ1n) is 5.08. The van der Waals surface area contributed by atoms with Crippen molar-refractivity contribution in [2.24, 2.45) is 5.92 Å². The van der Waals surface area contributed by atoms with Gasteiger partial charge in [0.1, 0.15) is 0 Å². The molecule has 0 radical (unpaired) electrons. The van der Waals surface area contributed by atoms with Crippen LogP contribution in [-0.4, -0.2) is 11.7 Å². The number of ketones is 1. The van der Waals surface area contributed by atoms with Crippen molar-refractivity contribution in [3.63, 3.8) is 0 Å². The molecule has 1 aliphatic carbocycles. The maximum atomic E-state index is 11.7. The number of Topliss-reactive ketones (excluding diaryl/α,β-unsaturated/α-hetero) is 1. The van der Waals surface area contributed by atoms with Crippen LogP contribution in [0.1, 0.15) is 30.1 Å². The molecule has 0 unspecified atom stereocenters. The standard InChI is InChI=1S/C12H13NO2/c1-8(14)13-11-6-4-10(5-7-11)12(15)9-2-3-9/h4-7,9H,2-3H2,1H3,(H,13,14). The van der Waals surface area contributed by atoms with Crippen molar-refractivity contribution < 1.29 is 9.59 Å². The molecule has 1 amide bonds. The van der Waals surface area contributed by atoms with E-state index in [9.17, 15) is 9.59 Å². The first kappa shape index (κ1) is 9.90. The minimum absolute atomic E-state index is 0.101. The van der Waals surface area contributed by atoms with Crippen LogP contribution >= 0.6 is 0 Å². The molecule has 15 heavy (non-hydrogen) atoms. The first-order valence-corrected chi connectivity index (χ1v) is 5.08. The molecule has 0 saturated heterocycles. The fourth-order valence-electron chi connectivity index (χ4n) is 1.50. The maximum Gasteiger partial charge on any atom is 0.221 e. The highest BCUT2D eigenvalue weighted by atomic mass is 16.1. The number of nitrogens with one attached hydrogen (secondary N) is 1. The Labute approximate surface area is 88.5 Å². The van der Waals surface area contributed by atoms with Gasteiger partial charge in [0.15, 0.2) is 5.78 Å². The van der Waals surface area contributed by atoms with Crippen molar-refractivity contribution >= 4 is 17.4 Å². The maximum absolute atomic E-state index is 11.7. The molecule has 0 aromatic heterocycles. The molecule has 0 bridgehead atoms. The predicted octanol–water partition coefficient (Wildman–Crippen LogP) is 2.24. The topological polar surface area (TPSA) is 46.2 Å². The largest absolute Gasteiger partial charge is 0.326 e. The molecule has 1 N–H and O–H groups in total. The van der Waals surface area contributed by atoms with Gasteiger partial charge in [-0.05, 0) is 37.1 Å². The Bertz CT molecular complexity index is 391. The lowest BCUT2D eigenvalue weighted by molar-refractivity contribution is -0.114. The third-order valence-electron chi connectivity index (χ3n) is 2.44. The molecule has 0 spiro atoms. The van der Waals surface area contributed by atoms with Crippen LogP contribution in [0.2, 0.25) is 0 Å². The van der Waals surface area contributed by atoms with Gasteiger partial charge in [0.05, 0.1) is 0 Å². The van der Waals surface area contributed by atoms with Crippen LogP contribution in [0.25, 0.3) is 0 Å².